The number of hydrogen-bond acceptors (Lipinski definition) is 4. The SMILES string of the molecule is CN=C(NCCc1sc(C)nc1C)NC1CCN(c2ccc(C)cc2)C1.I. The van der Waals surface area contributed by atoms with Crippen LogP contribution in [0.3, 0.4) is 0 Å². The van der Waals surface area contributed by atoms with Gasteiger partial charge in [0, 0.05) is 49.7 Å². The Hall–Kier alpha value is -1.35. The van der Waals surface area contributed by atoms with Gasteiger partial charge >= 0.3 is 0 Å². The Balaban J connectivity index is 0.00000261. The molecular weight excluding hydrogens is 469 g/mol. The summed E-state index contributed by atoms with van der Waals surface area (Å²) in [6, 6.07) is 9.21. The number of rotatable bonds is 5. The molecule has 1 saturated heterocycles. The van der Waals surface area contributed by atoms with Crippen molar-refractivity contribution >= 4 is 47.0 Å². The molecular formula is C20H30IN5S. The summed E-state index contributed by atoms with van der Waals surface area (Å²) in [6.45, 7) is 9.24. The average Bonchev–Trinajstić information content (AvgIpc) is 3.21. The molecule has 1 aliphatic heterocycles. The predicted octanol–water partition coefficient (Wildman–Crippen LogP) is 3.67. The van der Waals surface area contributed by atoms with E-state index in [1.807, 2.05) is 7.05 Å². The highest BCUT2D eigenvalue weighted by Crippen LogP contribution is 2.21. The Morgan fingerprint density at radius 1 is 1.26 bits per heavy atom. The van der Waals surface area contributed by atoms with Crippen molar-refractivity contribution in [1.29, 1.82) is 0 Å². The summed E-state index contributed by atoms with van der Waals surface area (Å²) in [6.07, 6.45) is 2.11. The lowest BCUT2D eigenvalue weighted by molar-refractivity contribution is 0.648. The maximum Gasteiger partial charge on any atom is 0.191 e. The lowest BCUT2D eigenvalue weighted by atomic mass is 10.2. The normalized spacial score (nSPS) is 17.0. The Morgan fingerprint density at radius 3 is 2.63 bits per heavy atom. The summed E-state index contributed by atoms with van der Waals surface area (Å²) in [5, 5.41) is 8.15. The number of thiazole rings is 1. The molecule has 1 aromatic heterocycles. The third-order valence-corrected chi connectivity index (χ3v) is 5.93. The molecule has 27 heavy (non-hydrogen) atoms. The molecule has 1 fully saturated rings. The minimum absolute atomic E-state index is 0. The smallest absolute Gasteiger partial charge is 0.191 e. The van der Waals surface area contributed by atoms with Gasteiger partial charge in [-0.05, 0) is 39.3 Å². The fourth-order valence-electron chi connectivity index (χ4n) is 3.36. The van der Waals surface area contributed by atoms with E-state index in [1.54, 1.807) is 11.3 Å². The molecule has 5 nitrogen and oxygen atoms in total. The second-order valence-electron chi connectivity index (χ2n) is 6.90. The summed E-state index contributed by atoms with van der Waals surface area (Å²) in [5.74, 6) is 0.889. The highest BCUT2D eigenvalue weighted by Gasteiger charge is 2.23. The Labute approximate surface area is 183 Å². The van der Waals surface area contributed by atoms with E-state index in [0.29, 0.717) is 6.04 Å². The summed E-state index contributed by atoms with van der Waals surface area (Å²) in [5.41, 5.74) is 3.76. The third-order valence-electron chi connectivity index (χ3n) is 4.80. The van der Waals surface area contributed by atoms with E-state index in [-0.39, 0.29) is 24.0 Å². The number of aryl methyl sites for hydroxylation is 3. The molecule has 0 bridgehead atoms. The third kappa shape index (κ3) is 6.07. The molecule has 0 amide bonds. The number of hydrogen-bond donors (Lipinski definition) is 2. The van der Waals surface area contributed by atoms with Crippen molar-refractivity contribution in [3.05, 3.63) is 45.4 Å². The highest BCUT2D eigenvalue weighted by molar-refractivity contribution is 14.0. The lowest BCUT2D eigenvalue weighted by Gasteiger charge is -2.20. The van der Waals surface area contributed by atoms with Gasteiger partial charge in [0.25, 0.3) is 0 Å². The number of benzene rings is 1. The molecule has 2 N–H and O–H groups in total. The quantitative estimate of drug-likeness (QED) is 0.375. The second-order valence-corrected chi connectivity index (χ2v) is 8.19. The van der Waals surface area contributed by atoms with Gasteiger partial charge in [0.15, 0.2) is 5.96 Å². The molecule has 1 aromatic carbocycles. The molecule has 1 atom stereocenters. The minimum Gasteiger partial charge on any atom is -0.369 e. The second kappa shape index (κ2) is 10.3. The Bertz CT molecular complexity index is 756. The fraction of sp³-hybridized carbons (Fsp3) is 0.500. The molecule has 0 spiro atoms. The molecule has 1 aliphatic rings. The van der Waals surface area contributed by atoms with Gasteiger partial charge in [0.2, 0.25) is 0 Å². The number of aliphatic imine (C=N–C) groups is 1. The molecule has 2 heterocycles. The average molecular weight is 499 g/mol. The Kier molecular flexibility index (Phi) is 8.34. The first-order chi connectivity index (χ1) is 12.5. The van der Waals surface area contributed by atoms with Gasteiger partial charge in [0.1, 0.15) is 0 Å². The van der Waals surface area contributed by atoms with E-state index in [4.69, 9.17) is 0 Å². The van der Waals surface area contributed by atoms with Crippen LogP contribution >= 0.6 is 35.3 Å². The van der Waals surface area contributed by atoms with E-state index >= 15 is 0 Å². The predicted molar refractivity (Wildman–Crippen MR) is 127 cm³/mol. The molecule has 0 aliphatic carbocycles. The Morgan fingerprint density at radius 2 is 2.00 bits per heavy atom. The van der Waals surface area contributed by atoms with E-state index in [9.17, 15) is 0 Å². The molecule has 1 unspecified atom stereocenters. The summed E-state index contributed by atoms with van der Waals surface area (Å²) >= 11 is 1.79. The number of nitrogens with one attached hydrogen (secondary N) is 2. The number of halogens is 1. The summed E-state index contributed by atoms with van der Waals surface area (Å²) in [4.78, 5) is 12.7. The standard InChI is InChI=1S/C20H29N5S.HI/c1-14-5-7-18(8-6-14)25-12-10-17(13-25)24-20(21-4)22-11-9-19-15(2)23-16(3)26-19;/h5-8,17H,9-13H2,1-4H3,(H2,21,22,24);1H. The van der Waals surface area contributed by atoms with Crippen LogP contribution in [0.25, 0.3) is 0 Å². The topological polar surface area (TPSA) is 52.6 Å². The van der Waals surface area contributed by atoms with Crippen LogP contribution < -0.4 is 15.5 Å². The first-order valence-corrected chi connectivity index (χ1v) is 10.1. The first-order valence-electron chi connectivity index (χ1n) is 9.27. The maximum atomic E-state index is 4.49. The number of anilines is 1. The fourth-order valence-corrected chi connectivity index (χ4v) is 4.29. The highest BCUT2D eigenvalue weighted by atomic mass is 127. The van der Waals surface area contributed by atoms with Crippen LogP contribution in [0.4, 0.5) is 5.69 Å². The zero-order valence-electron chi connectivity index (χ0n) is 16.6. The maximum absolute atomic E-state index is 4.49. The number of aromatic nitrogens is 1. The van der Waals surface area contributed by atoms with Crippen molar-refractivity contribution in [2.75, 3.05) is 31.6 Å². The van der Waals surface area contributed by atoms with Crippen LogP contribution in [-0.2, 0) is 6.42 Å². The number of guanidine groups is 1. The molecule has 0 saturated carbocycles. The van der Waals surface area contributed by atoms with Crippen LogP contribution in [0.1, 0.15) is 27.6 Å². The molecule has 3 rings (SSSR count). The van der Waals surface area contributed by atoms with Crippen molar-refractivity contribution < 1.29 is 0 Å². The molecule has 148 valence electrons. The summed E-state index contributed by atoms with van der Waals surface area (Å²) in [7, 11) is 1.84. The van der Waals surface area contributed by atoms with Crippen LogP contribution in [0.5, 0.6) is 0 Å². The van der Waals surface area contributed by atoms with E-state index in [1.165, 1.54) is 16.1 Å². The van der Waals surface area contributed by atoms with Gasteiger partial charge in [-0.2, -0.15) is 0 Å². The van der Waals surface area contributed by atoms with Crippen molar-refractivity contribution in [2.24, 2.45) is 4.99 Å². The van der Waals surface area contributed by atoms with Crippen LogP contribution in [-0.4, -0.2) is 43.7 Å². The summed E-state index contributed by atoms with van der Waals surface area (Å²) < 4.78 is 0. The van der Waals surface area contributed by atoms with Gasteiger partial charge in [-0.25, -0.2) is 4.98 Å². The van der Waals surface area contributed by atoms with E-state index in [0.717, 1.165) is 49.1 Å². The van der Waals surface area contributed by atoms with Gasteiger partial charge < -0.3 is 15.5 Å². The zero-order valence-corrected chi connectivity index (χ0v) is 19.7. The lowest BCUT2D eigenvalue weighted by Crippen LogP contribution is -2.45. The minimum atomic E-state index is 0. The number of nitrogens with zero attached hydrogens (tertiary/aromatic N) is 3. The van der Waals surface area contributed by atoms with Crippen molar-refractivity contribution in [2.45, 2.75) is 39.7 Å². The van der Waals surface area contributed by atoms with Gasteiger partial charge in [0.05, 0.1) is 10.7 Å². The van der Waals surface area contributed by atoms with Crippen LogP contribution in [0.15, 0.2) is 29.3 Å². The van der Waals surface area contributed by atoms with Gasteiger partial charge in [-0.3, -0.25) is 4.99 Å². The largest absolute Gasteiger partial charge is 0.369 e. The van der Waals surface area contributed by atoms with Crippen molar-refractivity contribution in [1.82, 2.24) is 15.6 Å². The van der Waals surface area contributed by atoms with E-state index < -0.39 is 0 Å². The van der Waals surface area contributed by atoms with Crippen molar-refractivity contribution in [3.8, 4) is 0 Å². The van der Waals surface area contributed by atoms with Gasteiger partial charge in [-0.15, -0.1) is 35.3 Å². The molecule has 7 heteroatoms. The monoisotopic (exact) mass is 499 g/mol. The van der Waals surface area contributed by atoms with Crippen LogP contribution in [0, 0.1) is 20.8 Å². The van der Waals surface area contributed by atoms with Gasteiger partial charge in [-0.1, -0.05) is 17.7 Å². The zero-order chi connectivity index (χ0) is 18.5. The molecule has 0 radical (unpaired) electrons. The first kappa shape index (κ1) is 21.9. The van der Waals surface area contributed by atoms with Crippen LogP contribution in [0.2, 0.25) is 0 Å². The molecule has 2 aromatic rings. The van der Waals surface area contributed by atoms with Crippen molar-refractivity contribution in [3.63, 3.8) is 0 Å². The van der Waals surface area contributed by atoms with E-state index in [2.05, 4.69) is 70.5 Å².